The highest BCUT2D eigenvalue weighted by Gasteiger charge is 2.50. The van der Waals surface area contributed by atoms with Gasteiger partial charge in [-0.3, -0.25) is 14.4 Å². The van der Waals surface area contributed by atoms with Gasteiger partial charge in [-0.2, -0.15) is 0 Å². The maximum absolute atomic E-state index is 12.8. The minimum absolute atomic E-state index is 0.222. The molecule has 39 heavy (non-hydrogen) atoms. The summed E-state index contributed by atoms with van der Waals surface area (Å²) in [6.07, 6.45) is -5.23. The molecule has 1 aromatic carbocycles. The van der Waals surface area contributed by atoms with Crippen LogP contribution >= 0.6 is 0 Å². The summed E-state index contributed by atoms with van der Waals surface area (Å²) in [5, 5.41) is 14.5. The van der Waals surface area contributed by atoms with E-state index < -0.39 is 64.9 Å². The molecule has 5 atom stereocenters. The average Bonchev–Trinajstić information content (AvgIpc) is 2.79. The van der Waals surface area contributed by atoms with E-state index in [1.54, 1.807) is 60.6 Å². The lowest BCUT2D eigenvalue weighted by Gasteiger charge is -2.44. The smallest absolute Gasteiger partial charge is 0.336 e. The van der Waals surface area contributed by atoms with Crippen LogP contribution in [0.5, 0.6) is 5.75 Å². The summed E-state index contributed by atoms with van der Waals surface area (Å²) in [6.45, 7) is 12.7. The first kappa shape index (κ1) is 30.1. The first-order chi connectivity index (χ1) is 18.0. The Morgan fingerprint density at radius 2 is 1.67 bits per heavy atom. The fourth-order valence-electron chi connectivity index (χ4n) is 3.87. The van der Waals surface area contributed by atoms with Crippen molar-refractivity contribution in [2.45, 2.75) is 86.0 Å². The lowest BCUT2D eigenvalue weighted by Crippen LogP contribution is -2.67. The van der Waals surface area contributed by atoms with Crippen molar-refractivity contribution in [1.29, 1.82) is 0 Å². The Bertz CT molecular complexity index is 1290. The van der Waals surface area contributed by atoms with E-state index >= 15 is 0 Å². The third kappa shape index (κ3) is 7.36. The number of ether oxygens (including phenoxy) is 4. The van der Waals surface area contributed by atoms with E-state index in [2.05, 4.69) is 5.32 Å². The summed E-state index contributed by atoms with van der Waals surface area (Å²) < 4.78 is 28.4. The predicted molar refractivity (Wildman–Crippen MR) is 140 cm³/mol. The molecule has 11 nitrogen and oxygen atoms in total. The van der Waals surface area contributed by atoms with Gasteiger partial charge < -0.3 is 33.8 Å². The molecule has 214 valence electrons. The number of hydrogen-bond acceptors (Lipinski definition) is 10. The third-order valence-corrected chi connectivity index (χ3v) is 6.07. The molecule has 1 aliphatic heterocycles. The molecule has 0 spiro atoms. The van der Waals surface area contributed by atoms with Gasteiger partial charge in [-0.05, 0) is 66.2 Å². The highest BCUT2D eigenvalue weighted by molar-refractivity contribution is 5.81. The molecule has 1 aromatic heterocycles. The minimum Gasteiger partial charge on any atom is -0.462 e. The molecular formula is C28H37NO10. The van der Waals surface area contributed by atoms with Crippen LogP contribution in [0.1, 0.15) is 54.0 Å². The number of aryl methyl sites for hydroxylation is 1. The zero-order chi connectivity index (χ0) is 29.3. The number of aliphatic hydroxyl groups excluding tert-OH is 1. The normalized spacial score (nSPS) is 23.7. The van der Waals surface area contributed by atoms with Crippen molar-refractivity contribution in [2.75, 3.05) is 6.61 Å². The number of carbonyl (C=O) groups is 3. The fourth-order valence-corrected chi connectivity index (χ4v) is 3.87. The van der Waals surface area contributed by atoms with Crippen LogP contribution in [0.25, 0.3) is 11.0 Å². The molecule has 11 heteroatoms. The van der Waals surface area contributed by atoms with E-state index in [4.69, 9.17) is 23.4 Å². The summed E-state index contributed by atoms with van der Waals surface area (Å²) in [6, 6.07) is 5.05. The number of amides is 1. The summed E-state index contributed by atoms with van der Waals surface area (Å²) in [5.41, 5.74) is -1.26. The topological polar surface area (TPSA) is 151 Å². The summed E-state index contributed by atoms with van der Waals surface area (Å²) in [4.78, 5) is 49.3. The Morgan fingerprint density at radius 3 is 2.26 bits per heavy atom. The van der Waals surface area contributed by atoms with Gasteiger partial charge in [0.1, 0.15) is 36.2 Å². The molecule has 3 rings (SSSR count). The minimum atomic E-state index is -1.47. The number of esters is 2. The number of hydrogen-bond donors (Lipinski definition) is 2. The first-order valence-corrected chi connectivity index (χ1v) is 12.7. The molecule has 5 unspecified atom stereocenters. The molecule has 2 aromatic rings. The van der Waals surface area contributed by atoms with E-state index in [0.29, 0.717) is 5.39 Å². The van der Waals surface area contributed by atoms with Gasteiger partial charge >= 0.3 is 17.6 Å². The maximum atomic E-state index is 12.8. The van der Waals surface area contributed by atoms with Gasteiger partial charge in [-0.15, -0.1) is 0 Å². The number of aliphatic hydroxyl groups is 1. The molecule has 1 fully saturated rings. The molecule has 1 aliphatic rings. The standard InChI is InChI=1S/C28H37NO10/c1-14-11-20(31)37-18-12-16(9-10-17(14)18)36-24-21(29-15(2)30)23(39-26(34)28(6,7)8)22(32)19(38-24)13-35-25(33)27(3,4)5/h9-12,19,21-24,32H,13H2,1-8H3,(H,29,30). The van der Waals surface area contributed by atoms with Crippen molar-refractivity contribution in [1.82, 2.24) is 5.32 Å². The van der Waals surface area contributed by atoms with Crippen LogP contribution in [0.2, 0.25) is 0 Å². The van der Waals surface area contributed by atoms with Crippen molar-refractivity contribution >= 4 is 28.8 Å². The van der Waals surface area contributed by atoms with Crippen molar-refractivity contribution in [2.24, 2.45) is 10.8 Å². The Morgan fingerprint density at radius 1 is 1.03 bits per heavy atom. The van der Waals surface area contributed by atoms with Crippen LogP contribution in [0.4, 0.5) is 0 Å². The highest BCUT2D eigenvalue weighted by atomic mass is 16.7. The molecule has 1 saturated heterocycles. The van der Waals surface area contributed by atoms with Gasteiger partial charge in [0, 0.05) is 24.4 Å². The molecule has 0 aliphatic carbocycles. The van der Waals surface area contributed by atoms with Crippen LogP contribution in [0.15, 0.2) is 33.5 Å². The quantitative estimate of drug-likeness (QED) is 0.408. The zero-order valence-electron chi connectivity index (χ0n) is 23.5. The largest absolute Gasteiger partial charge is 0.462 e. The SMILES string of the molecule is CC(=O)NC1C(Oc2ccc3c(C)cc(=O)oc3c2)OC(COC(=O)C(C)(C)C)C(O)C1OC(=O)C(C)(C)C. The van der Waals surface area contributed by atoms with Gasteiger partial charge in [-0.1, -0.05) is 0 Å². The molecule has 0 bridgehead atoms. The fraction of sp³-hybridized carbons (Fsp3) is 0.571. The van der Waals surface area contributed by atoms with Gasteiger partial charge in [-0.25, -0.2) is 4.79 Å². The summed E-state index contributed by atoms with van der Waals surface area (Å²) >= 11 is 0. The van der Waals surface area contributed by atoms with Gasteiger partial charge in [0.05, 0.1) is 10.8 Å². The molecule has 2 heterocycles. The second-order valence-electron chi connectivity index (χ2n) is 11.8. The van der Waals surface area contributed by atoms with Crippen molar-refractivity contribution in [3.63, 3.8) is 0 Å². The average molecular weight is 548 g/mol. The lowest BCUT2D eigenvalue weighted by molar-refractivity contribution is -0.254. The van der Waals surface area contributed by atoms with Gasteiger partial charge in [0.25, 0.3) is 0 Å². The van der Waals surface area contributed by atoms with E-state index in [9.17, 15) is 24.3 Å². The van der Waals surface area contributed by atoms with Crippen LogP contribution in [-0.4, -0.2) is 60.2 Å². The van der Waals surface area contributed by atoms with E-state index in [-0.39, 0.29) is 17.9 Å². The van der Waals surface area contributed by atoms with E-state index in [1.165, 1.54) is 19.1 Å². The predicted octanol–water partition coefficient (Wildman–Crippen LogP) is 2.62. The van der Waals surface area contributed by atoms with Gasteiger partial charge in [0.2, 0.25) is 12.2 Å². The lowest BCUT2D eigenvalue weighted by atomic mass is 9.94. The number of fused-ring (bicyclic) bond motifs is 1. The second kappa shape index (κ2) is 11.4. The number of nitrogens with one attached hydrogen (secondary N) is 1. The van der Waals surface area contributed by atoms with E-state index in [0.717, 1.165) is 5.56 Å². The first-order valence-electron chi connectivity index (χ1n) is 12.7. The summed E-state index contributed by atoms with van der Waals surface area (Å²) in [5.74, 6) is -1.42. The van der Waals surface area contributed by atoms with Crippen LogP contribution in [0, 0.1) is 17.8 Å². The Hall–Kier alpha value is -3.44. The molecule has 2 N–H and O–H groups in total. The molecule has 0 radical (unpaired) electrons. The monoisotopic (exact) mass is 547 g/mol. The van der Waals surface area contributed by atoms with Crippen LogP contribution in [-0.2, 0) is 28.6 Å². The van der Waals surface area contributed by atoms with Crippen LogP contribution in [0.3, 0.4) is 0 Å². The maximum Gasteiger partial charge on any atom is 0.336 e. The van der Waals surface area contributed by atoms with E-state index in [1.807, 2.05) is 0 Å². The molecule has 1 amide bonds. The molecule has 0 saturated carbocycles. The second-order valence-corrected chi connectivity index (χ2v) is 11.8. The van der Waals surface area contributed by atoms with Crippen molar-refractivity contribution in [3.05, 3.63) is 40.2 Å². The number of carbonyl (C=O) groups excluding carboxylic acids is 3. The van der Waals surface area contributed by atoms with Crippen molar-refractivity contribution in [3.8, 4) is 5.75 Å². The Kier molecular flexibility index (Phi) is 8.76. The number of rotatable bonds is 6. The van der Waals surface area contributed by atoms with Crippen LogP contribution < -0.4 is 15.7 Å². The summed E-state index contributed by atoms with van der Waals surface area (Å²) in [7, 11) is 0. The highest BCUT2D eigenvalue weighted by Crippen LogP contribution is 2.31. The number of benzene rings is 1. The van der Waals surface area contributed by atoms with Crippen molar-refractivity contribution < 1.29 is 42.9 Å². The van der Waals surface area contributed by atoms with Gasteiger partial charge in [0.15, 0.2) is 6.10 Å². The Balaban J connectivity index is 1.99. The zero-order valence-corrected chi connectivity index (χ0v) is 23.5. The molecular weight excluding hydrogens is 510 g/mol. The third-order valence-electron chi connectivity index (χ3n) is 6.07. The Labute approximate surface area is 226 Å².